The van der Waals surface area contributed by atoms with Crippen molar-refractivity contribution in [3.8, 4) is 0 Å². The molecule has 2 rings (SSSR count). The molecule has 0 saturated heterocycles. The van der Waals surface area contributed by atoms with Gasteiger partial charge < -0.3 is 5.11 Å². The average molecular weight is 164 g/mol. The fraction of sp³-hybridized carbons (Fsp3) is 0.125. The van der Waals surface area contributed by atoms with Crippen LogP contribution in [0.3, 0.4) is 0 Å². The van der Waals surface area contributed by atoms with Crippen LogP contribution >= 0.6 is 0 Å². The summed E-state index contributed by atoms with van der Waals surface area (Å²) >= 11 is 0. The van der Waals surface area contributed by atoms with Crippen molar-refractivity contribution in [2.45, 2.75) is 6.10 Å². The van der Waals surface area contributed by atoms with Crippen LogP contribution in [0.1, 0.15) is 11.7 Å². The van der Waals surface area contributed by atoms with Crippen molar-refractivity contribution >= 4 is 11.5 Å². The van der Waals surface area contributed by atoms with Crippen LogP contribution in [0.2, 0.25) is 0 Å². The van der Waals surface area contributed by atoms with Crippen molar-refractivity contribution in [3.05, 3.63) is 29.8 Å². The molecule has 12 heavy (non-hydrogen) atoms. The number of rotatable bonds is 0. The SMILES string of the molecule is N=C1C(O)c2ccccc2N1O. The summed E-state index contributed by atoms with van der Waals surface area (Å²) in [7, 11) is 0. The summed E-state index contributed by atoms with van der Waals surface area (Å²) in [5, 5.41) is 26.6. The summed E-state index contributed by atoms with van der Waals surface area (Å²) in [5.41, 5.74) is 1.06. The maximum absolute atomic E-state index is 9.39. The second kappa shape index (κ2) is 2.30. The Balaban J connectivity index is 2.59. The predicted octanol–water partition coefficient (Wildman–Crippen LogP) is 0.906. The Hall–Kier alpha value is -1.39. The van der Waals surface area contributed by atoms with E-state index in [1.165, 1.54) is 0 Å². The summed E-state index contributed by atoms with van der Waals surface area (Å²) in [5.74, 6) is -0.198. The van der Waals surface area contributed by atoms with Gasteiger partial charge in [0.2, 0.25) is 0 Å². The third-order valence-electron chi connectivity index (χ3n) is 1.95. The van der Waals surface area contributed by atoms with Gasteiger partial charge in [-0.15, -0.1) is 0 Å². The monoisotopic (exact) mass is 164 g/mol. The third-order valence-corrected chi connectivity index (χ3v) is 1.95. The molecule has 0 saturated carbocycles. The Morgan fingerprint density at radius 3 is 2.67 bits per heavy atom. The molecular weight excluding hydrogens is 156 g/mol. The van der Waals surface area contributed by atoms with Gasteiger partial charge in [-0.3, -0.25) is 10.6 Å². The zero-order valence-corrected chi connectivity index (χ0v) is 6.23. The number of fused-ring (bicyclic) bond motifs is 1. The van der Waals surface area contributed by atoms with Crippen molar-refractivity contribution in [1.82, 2.24) is 0 Å². The molecule has 0 spiro atoms. The predicted molar refractivity (Wildman–Crippen MR) is 43.4 cm³/mol. The quantitative estimate of drug-likeness (QED) is 0.533. The van der Waals surface area contributed by atoms with E-state index in [1.54, 1.807) is 24.3 Å². The topological polar surface area (TPSA) is 67.5 Å². The highest BCUT2D eigenvalue weighted by Crippen LogP contribution is 2.33. The Kier molecular flexibility index (Phi) is 1.39. The molecule has 4 nitrogen and oxygen atoms in total. The lowest BCUT2D eigenvalue weighted by Gasteiger charge is -2.08. The van der Waals surface area contributed by atoms with E-state index in [-0.39, 0.29) is 5.84 Å². The van der Waals surface area contributed by atoms with Crippen LogP contribution in [0.4, 0.5) is 5.69 Å². The molecule has 4 heteroatoms. The van der Waals surface area contributed by atoms with E-state index < -0.39 is 6.10 Å². The van der Waals surface area contributed by atoms with E-state index >= 15 is 0 Å². The van der Waals surface area contributed by atoms with E-state index in [0.717, 1.165) is 0 Å². The Labute approximate surface area is 69.1 Å². The van der Waals surface area contributed by atoms with Crippen LogP contribution in [0, 0.1) is 5.41 Å². The zero-order valence-electron chi connectivity index (χ0n) is 6.23. The third kappa shape index (κ3) is 0.760. The highest BCUT2D eigenvalue weighted by Gasteiger charge is 2.31. The molecule has 1 aromatic carbocycles. The molecular formula is C8H8N2O2. The first-order valence-electron chi connectivity index (χ1n) is 3.56. The average Bonchev–Trinajstić information content (AvgIpc) is 2.33. The van der Waals surface area contributed by atoms with Gasteiger partial charge in [0, 0.05) is 5.56 Å². The largest absolute Gasteiger partial charge is 0.380 e. The number of hydrogen-bond donors (Lipinski definition) is 3. The number of aliphatic hydroxyl groups is 1. The molecule has 0 bridgehead atoms. The van der Waals surface area contributed by atoms with E-state index in [1.807, 2.05) is 0 Å². The fourth-order valence-corrected chi connectivity index (χ4v) is 1.30. The lowest BCUT2D eigenvalue weighted by Crippen LogP contribution is -2.23. The number of amidine groups is 1. The number of hydrogen-bond acceptors (Lipinski definition) is 3. The molecule has 0 radical (unpaired) electrons. The van der Waals surface area contributed by atoms with Gasteiger partial charge in [0.05, 0.1) is 5.69 Å². The van der Waals surface area contributed by atoms with Gasteiger partial charge in [-0.1, -0.05) is 18.2 Å². The first kappa shape index (κ1) is 7.27. The van der Waals surface area contributed by atoms with Crippen LogP contribution in [0.5, 0.6) is 0 Å². The van der Waals surface area contributed by atoms with Gasteiger partial charge in [-0.25, -0.2) is 5.06 Å². The molecule has 0 aromatic heterocycles. The van der Waals surface area contributed by atoms with Crippen LogP contribution in [0.25, 0.3) is 0 Å². The van der Waals surface area contributed by atoms with E-state index in [4.69, 9.17) is 5.41 Å². The van der Waals surface area contributed by atoms with Gasteiger partial charge in [-0.2, -0.15) is 0 Å². The molecule has 1 unspecified atom stereocenters. The van der Waals surface area contributed by atoms with E-state index in [2.05, 4.69) is 0 Å². The minimum atomic E-state index is -0.994. The molecule has 1 aliphatic heterocycles. The lowest BCUT2D eigenvalue weighted by atomic mass is 10.1. The van der Waals surface area contributed by atoms with Gasteiger partial charge in [0.15, 0.2) is 5.84 Å². The summed E-state index contributed by atoms with van der Waals surface area (Å²) in [4.78, 5) is 0. The standard InChI is InChI=1S/C8H8N2O2/c9-8-7(11)5-3-1-2-4-6(5)10(8)12/h1-4,7,9,11-12H. The number of para-hydroxylation sites is 1. The molecule has 1 aliphatic rings. The van der Waals surface area contributed by atoms with Crippen molar-refractivity contribution in [2.75, 3.05) is 5.06 Å². The van der Waals surface area contributed by atoms with E-state index in [0.29, 0.717) is 16.3 Å². The number of anilines is 1. The second-order valence-electron chi connectivity index (χ2n) is 2.66. The van der Waals surface area contributed by atoms with Gasteiger partial charge in [-0.05, 0) is 6.07 Å². The number of benzene rings is 1. The Morgan fingerprint density at radius 1 is 1.33 bits per heavy atom. The number of nitrogens with one attached hydrogen (secondary N) is 1. The minimum Gasteiger partial charge on any atom is -0.380 e. The highest BCUT2D eigenvalue weighted by atomic mass is 16.5. The van der Waals surface area contributed by atoms with Gasteiger partial charge in [0.25, 0.3) is 0 Å². The summed E-state index contributed by atoms with van der Waals surface area (Å²) in [6.45, 7) is 0. The molecule has 0 amide bonds. The molecule has 3 N–H and O–H groups in total. The van der Waals surface area contributed by atoms with Crippen molar-refractivity contribution in [1.29, 1.82) is 5.41 Å². The molecule has 62 valence electrons. The molecule has 1 atom stereocenters. The van der Waals surface area contributed by atoms with Crippen LogP contribution in [0.15, 0.2) is 24.3 Å². The second-order valence-corrected chi connectivity index (χ2v) is 2.66. The number of hydroxylamine groups is 1. The first-order valence-corrected chi connectivity index (χ1v) is 3.56. The molecule has 0 fully saturated rings. The maximum atomic E-state index is 9.39. The van der Waals surface area contributed by atoms with E-state index in [9.17, 15) is 10.3 Å². The van der Waals surface area contributed by atoms with Gasteiger partial charge >= 0.3 is 0 Å². The van der Waals surface area contributed by atoms with Crippen LogP contribution < -0.4 is 5.06 Å². The van der Waals surface area contributed by atoms with Crippen LogP contribution in [-0.4, -0.2) is 16.1 Å². The zero-order chi connectivity index (χ0) is 8.72. The van der Waals surface area contributed by atoms with Crippen LogP contribution in [-0.2, 0) is 0 Å². The fourth-order valence-electron chi connectivity index (χ4n) is 1.30. The summed E-state index contributed by atoms with van der Waals surface area (Å²) < 4.78 is 0. The molecule has 1 aromatic rings. The number of nitrogens with zero attached hydrogens (tertiary/aromatic N) is 1. The van der Waals surface area contributed by atoms with Crippen molar-refractivity contribution in [2.24, 2.45) is 0 Å². The summed E-state index contributed by atoms with van der Waals surface area (Å²) in [6.07, 6.45) is -0.994. The summed E-state index contributed by atoms with van der Waals surface area (Å²) in [6, 6.07) is 6.84. The minimum absolute atomic E-state index is 0.198. The molecule has 0 aliphatic carbocycles. The van der Waals surface area contributed by atoms with Gasteiger partial charge in [0.1, 0.15) is 6.10 Å². The smallest absolute Gasteiger partial charge is 0.160 e. The first-order chi connectivity index (χ1) is 5.72. The van der Waals surface area contributed by atoms with Crippen molar-refractivity contribution in [3.63, 3.8) is 0 Å². The van der Waals surface area contributed by atoms with Crippen molar-refractivity contribution < 1.29 is 10.3 Å². The Bertz CT molecular complexity index is 307. The Morgan fingerprint density at radius 2 is 2.00 bits per heavy atom. The highest BCUT2D eigenvalue weighted by molar-refractivity contribution is 6.03. The molecule has 1 heterocycles. The lowest BCUT2D eigenvalue weighted by molar-refractivity contribution is 0.239. The normalized spacial score (nSPS) is 21.3. The maximum Gasteiger partial charge on any atom is 0.160 e. The number of aliphatic hydroxyl groups excluding tert-OH is 1.